The summed E-state index contributed by atoms with van der Waals surface area (Å²) in [4.78, 5) is 17.1. The van der Waals surface area contributed by atoms with Crippen molar-refractivity contribution in [3.63, 3.8) is 0 Å². The van der Waals surface area contributed by atoms with Gasteiger partial charge in [-0.15, -0.1) is 11.3 Å². The summed E-state index contributed by atoms with van der Waals surface area (Å²) in [5.74, 6) is 0.876. The number of carbonyl (C=O) groups excluding carboxylic acids is 1. The van der Waals surface area contributed by atoms with Gasteiger partial charge in [-0.25, -0.2) is 0 Å². The lowest BCUT2D eigenvalue weighted by atomic mass is 9.90. The first-order valence-corrected chi connectivity index (χ1v) is 9.04. The minimum absolute atomic E-state index is 0.0121. The molecule has 21 heavy (non-hydrogen) atoms. The molecule has 3 nitrogen and oxygen atoms in total. The van der Waals surface area contributed by atoms with Gasteiger partial charge in [-0.1, -0.05) is 19.8 Å². The molecule has 1 N–H and O–H groups in total. The van der Waals surface area contributed by atoms with E-state index < -0.39 is 0 Å². The van der Waals surface area contributed by atoms with Gasteiger partial charge in [0.1, 0.15) is 0 Å². The van der Waals surface area contributed by atoms with Crippen LogP contribution >= 0.6 is 11.3 Å². The number of amides is 1. The monoisotopic (exact) mass is 307 g/mol. The molecule has 1 amide bonds. The Hall–Kier alpha value is -0.870. The Morgan fingerprint density at radius 1 is 1.38 bits per heavy atom. The predicted molar refractivity (Wildman–Crippen MR) is 85.9 cm³/mol. The van der Waals surface area contributed by atoms with Gasteiger partial charge in [0.25, 0.3) is 5.91 Å². The third kappa shape index (κ3) is 3.16. The average molecular weight is 307 g/mol. The Labute approximate surface area is 131 Å². The Morgan fingerprint density at radius 3 is 3.05 bits per heavy atom. The van der Waals surface area contributed by atoms with Crippen LogP contribution in [0.15, 0.2) is 6.07 Å². The fourth-order valence-electron chi connectivity index (χ4n) is 3.59. The number of aliphatic hydroxyl groups is 1. The highest BCUT2D eigenvalue weighted by Gasteiger charge is 2.28. The van der Waals surface area contributed by atoms with Crippen LogP contribution in [-0.4, -0.2) is 35.1 Å². The molecule has 0 radical (unpaired) electrons. The lowest BCUT2D eigenvalue weighted by molar-refractivity contribution is 0.0604. The number of carbonyl (C=O) groups is 1. The zero-order valence-electron chi connectivity index (χ0n) is 12.8. The van der Waals surface area contributed by atoms with Gasteiger partial charge in [-0.05, 0) is 49.7 Å². The van der Waals surface area contributed by atoms with E-state index in [0.29, 0.717) is 0 Å². The number of hydrogen-bond acceptors (Lipinski definition) is 3. The van der Waals surface area contributed by atoms with E-state index in [1.54, 1.807) is 11.3 Å². The van der Waals surface area contributed by atoms with Crippen LogP contribution < -0.4 is 0 Å². The smallest absolute Gasteiger partial charge is 0.264 e. The van der Waals surface area contributed by atoms with Crippen molar-refractivity contribution in [2.75, 3.05) is 13.2 Å². The Balaban J connectivity index is 1.80. The topological polar surface area (TPSA) is 40.5 Å². The summed E-state index contributed by atoms with van der Waals surface area (Å²) < 4.78 is 0. The van der Waals surface area contributed by atoms with Gasteiger partial charge < -0.3 is 10.0 Å². The Morgan fingerprint density at radius 2 is 2.24 bits per heavy atom. The van der Waals surface area contributed by atoms with Crippen LogP contribution in [0.2, 0.25) is 0 Å². The van der Waals surface area contributed by atoms with Crippen molar-refractivity contribution >= 4 is 17.2 Å². The molecule has 1 aliphatic heterocycles. The molecule has 1 aromatic rings. The van der Waals surface area contributed by atoms with Gasteiger partial charge in [0.15, 0.2) is 0 Å². The number of aliphatic hydroxyl groups excluding tert-OH is 1. The number of thiophene rings is 1. The van der Waals surface area contributed by atoms with Crippen molar-refractivity contribution in [2.24, 2.45) is 5.92 Å². The van der Waals surface area contributed by atoms with E-state index in [-0.39, 0.29) is 18.6 Å². The zero-order valence-corrected chi connectivity index (χ0v) is 13.6. The SMILES string of the molecule is CC1CCc2sc(C(=O)N3CCCCCC3CO)cc2C1. The van der Waals surface area contributed by atoms with E-state index in [0.717, 1.165) is 49.4 Å². The lowest BCUT2D eigenvalue weighted by Crippen LogP contribution is -2.41. The first-order chi connectivity index (χ1) is 10.2. The summed E-state index contributed by atoms with van der Waals surface area (Å²) in [7, 11) is 0. The summed E-state index contributed by atoms with van der Waals surface area (Å²) in [5, 5.41) is 9.59. The summed E-state index contributed by atoms with van der Waals surface area (Å²) >= 11 is 1.69. The molecule has 1 fully saturated rings. The second-order valence-electron chi connectivity index (χ2n) is 6.59. The molecule has 1 aromatic heterocycles. The molecule has 0 aromatic carbocycles. The fourth-order valence-corrected chi connectivity index (χ4v) is 4.75. The standard InChI is InChI=1S/C17H25NO2S/c1-12-6-7-15-13(9-12)10-16(21-15)17(20)18-8-4-2-3-5-14(18)11-19/h10,12,14,19H,2-9,11H2,1H3. The number of rotatable bonds is 2. The number of nitrogens with zero attached hydrogens (tertiary/aromatic N) is 1. The third-order valence-corrected chi connectivity index (χ3v) is 6.11. The van der Waals surface area contributed by atoms with E-state index in [4.69, 9.17) is 0 Å². The maximum atomic E-state index is 12.8. The van der Waals surface area contributed by atoms with E-state index in [1.165, 1.54) is 23.3 Å². The van der Waals surface area contributed by atoms with E-state index in [1.807, 2.05) is 4.90 Å². The molecule has 0 spiro atoms. The first kappa shape index (κ1) is 15.0. The van der Waals surface area contributed by atoms with Crippen molar-refractivity contribution < 1.29 is 9.90 Å². The lowest BCUT2D eigenvalue weighted by Gasteiger charge is -2.28. The van der Waals surface area contributed by atoms with Gasteiger partial charge in [-0.3, -0.25) is 4.79 Å². The largest absolute Gasteiger partial charge is 0.394 e. The van der Waals surface area contributed by atoms with Crippen LogP contribution in [0.1, 0.15) is 59.1 Å². The second kappa shape index (κ2) is 6.49. The fraction of sp³-hybridized carbons (Fsp3) is 0.706. The van der Waals surface area contributed by atoms with Crippen LogP contribution in [0.4, 0.5) is 0 Å². The highest BCUT2D eigenvalue weighted by Crippen LogP contribution is 2.33. The van der Waals surface area contributed by atoms with Crippen molar-refractivity contribution in [2.45, 2.75) is 57.9 Å². The van der Waals surface area contributed by atoms with E-state index in [9.17, 15) is 9.90 Å². The molecule has 116 valence electrons. The van der Waals surface area contributed by atoms with Crippen molar-refractivity contribution in [3.05, 3.63) is 21.4 Å². The Bertz CT molecular complexity index is 511. The van der Waals surface area contributed by atoms with Gasteiger partial charge in [0, 0.05) is 11.4 Å². The van der Waals surface area contributed by atoms with Gasteiger partial charge >= 0.3 is 0 Å². The van der Waals surface area contributed by atoms with Crippen molar-refractivity contribution in [1.29, 1.82) is 0 Å². The summed E-state index contributed by atoms with van der Waals surface area (Å²) in [6.45, 7) is 3.18. The van der Waals surface area contributed by atoms with Crippen molar-refractivity contribution in [1.82, 2.24) is 4.90 Å². The molecule has 1 aliphatic carbocycles. The predicted octanol–water partition coefficient (Wildman–Crippen LogP) is 3.25. The Kier molecular flexibility index (Phi) is 4.65. The highest BCUT2D eigenvalue weighted by molar-refractivity contribution is 7.14. The van der Waals surface area contributed by atoms with E-state index in [2.05, 4.69) is 13.0 Å². The molecular formula is C17H25NO2S. The molecule has 1 saturated heterocycles. The molecule has 0 saturated carbocycles. The number of fused-ring (bicyclic) bond motifs is 1. The third-order valence-electron chi connectivity index (χ3n) is 4.89. The first-order valence-electron chi connectivity index (χ1n) is 8.22. The maximum Gasteiger partial charge on any atom is 0.264 e. The molecule has 2 atom stereocenters. The minimum atomic E-state index is 0.0121. The zero-order chi connectivity index (χ0) is 14.8. The summed E-state index contributed by atoms with van der Waals surface area (Å²) in [6, 6.07) is 2.13. The quantitative estimate of drug-likeness (QED) is 0.911. The van der Waals surface area contributed by atoms with Crippen LogP contribution in [0.3, 0.4) is 0 Å². The highest BCUT2D eigenvalue weighted by atomic mass is 32.1. The number of hydrogen-bond donors (Lipinski definition) is 1. The molecule has 2 aliphatic rings. The van der Waals surface area contributed by atoms with Crippen LogP contribution in [-0.2, 0) is 12.8 Å². The molecule has 0 bridgehead atoms. The van der Waals surface area contributed by atoms with Crippen LogP contribution in [0, 0.1) is 5.92 Å². The van der Waals surface area contributed by atoms with E-state index >= 15 is 0 Å². The number of aryl methyl sites for hydroxylation is 1. The molecule has 2 unspecified atom stereocenters. The normalized spacial score (nSPS) is 26.3. The van der Waals surface area contributed by atoms with Crippen LogP contribution in [0.25, 0.3) is 0 Å². The van der Waals surface area contributed by atoms with Crippen molar-refractivity contribution in [3.8, 4) is 0 Å². The summed E-state index contributed by atoms with van der Waals surface area (Å²) in [5.41, 5.74) is 1.39. The van der Waals surface area contributed by atoms with Gasteiger partial charge in [-0.2, -0.15) is 0 Å². The van der Waals surface area contributed by atoms with Gasteiger partial charge in [0.05, 0.1) is 17.5 Å². The van der Waals surface area contributed by atoms with Crippen LogP contribution in [0.5, 0.6) is 0 Å². The average Bonchev–Trinajstić information content (AvgIpc) is 2.75. The summed E-state index contributed by atoms with van der Waals surface area (Å²) in [6.07, 6.45) is 7.76. The second-order valence-corrected chi connectivity index (χ2v) is 7.73. The molecule has 4 heteroatoms. The minimum Gasteiger partial charge on any atom is -0.394 e. The molecule has 3 rings (SSSR count). The maximum absolute atomic E-state index is 12.8. The molecular weight excluding hydrogens is 282 g/mol. The van der Waals surface area contributed by atoms with Gasteiger partial charge in [0.2, 0.25) is 0 Å². The number of likely N-dealkylation sites (tertiary alicyclic amines) is 1. The molecule has 2 heterocycles.